The molecule has 1 N–H and O–H groups in total. The lowest BCUT2D eigenvalue weighted by molar-refractivity contribution is -0.122. The van der Waals surface area contributed by atoms with Crippen molar-refractivity contribution < 1.29 is 4.79 Å². The van der Waals surface area contributed by atoms with Gasteiger partial charge in [-0.1, -0.05) is 17.7 Å². The van der Waals surface area contributed by atoms with Crippen molar-refractivity contribution in [3.63, 3.8) is 0 Å². The molecule has 4 nitrogen and oxygen atoms in total. The third-order valence-corrected chi connectivity index (χ3v) is 6.57. The molecule has 1 heterocycles. The molecule has 1 saturated carbocycles. The molecule has 1 amide bonds. The van der Waals surface area contributed by atoms with Gasteiger partial charge in [0.25, 0.3) is 0 Å². The SMILES string of the molecule is Cc1ccc(NC2CCC(C3CN(C=O)CCN3C(C)C)CC2)cc1Cl. The molecule has 26 heavy (non-hydrogen) atoms. The first-order chi connectivity index (χ1) is 12.5. The van der Waals surface area contributed by atoms with Gasteiger partial charge in [0.15, 0.2) is 0 Å². The largest absolute Gasteiger partial charge is 0.382 e. The number of hydrogen-bond donors (Lipinski definition) is 1. The summed E-state index contributed by atoms with van der Waals surface area (Å²) in [6, 6.07) is 7.79. The van der Waals surface area contributed by atoms with Crippen LogP contribution in [0.4, 0.5) is 5.69 Å². The molecular weight excluding hydrogens is 346 g/mol. The highest BCUT2D eigenvalue weighted by atomic mass is 35.5. The van der Waals surface area contributed by atoms with E-state index in [0.29, 0.717) is 24.0 Å². The smallest absolute Gasteiger partial charge is 0.209 e. The second-order valence-electron chi connectivity index (χ2n) is 8.22. The lowest BCUT2D eigenvalue weighted by Crippen LogP contribution is -2.58. The molecule has 0 aromatic heterocycles. The van der Waals surface area contributed by atoms with Crippen molar-refractivity contribution in [3.05, 3.63) is 28.8 Å². The van der Waals surface area contributed by atoms with Crippen molar-refractivity contribution in [2.45, 2.75) is 64.6 Å². The van der Waals surface area contributed by atoms with Crippen LogP contribution in [0.3, 0.4) is 0 Å². The fourth-order valence-electron chi connectivity index (χ4n) is 4.57. The molecule has 1 atom stereocenters. The van der Waals surface area contributed by atoms with Gasteiger partial charge in [0, 0.05) is 48.5 Å². The van der Waals surface area contributed by atoms with Crippen molar-refractivity contribution >= 4 is 23.7 Å². The molecule has 1 aliphatic carbocycles. The highest BCUT2D eigenvalue weighted by molar-refractivity contribution is 6.31. The molecule has 3 rings (SSSR count). The molecular formula is C21H32ClN3O. The third kappa shape index (κ3) is 4.52. The molecule has 2 aliphatic rings. The summed E-state index contributed by atoms with van der Waals surface area (Å²) in [7, 11) is 0. The number of nitrogens with one attached hydrogen (secondary N) is 1. The Balaban J connectivity index is 1.57. The average molecular weight is 378 g/mol. The van der Waals surface area contributed by atoms with Gasteiger partial charge in [-0.3, -0.25) is 9.69 Å². The normalized spacial score (nSPS) is 27.6. The average Bonchev–Trinajstić information content (AvgIpc) is 2.65. The molecule has 0 bridgehead atoms. The molecule has 144 valence electrons. The molecule has 1 unspecified atom stereocenters. The zero-order valence-electron chi connectivity index (χ0n) is 16.2. The van der Waals surface area contributed by atoms with Gasteiger partial charge >= 0.3 is 0 Å². The van der Waals surface area contributed by atoms with E-state index in [-0.39, 0.29) is 0 Å². The first-order valence-corrected chi connectivity index (χ1v) is 10.3. The van der Waals surface area contributed by atoms with E-state index in [1.807, 2.05) is 17.9 Å². The maximum Gasteiger partial charge on any atom is 0.209 e. The standard InChI is InChI=1S/C21H32ClN3O/c1-15(2)25-11-10-24(14-26)13-21(25)17-5-8-18(9-6-17)23-19-7-4-16(3)20(22)12-19/h4,7,12,14-15,17-18,21,23H,5-6,8-11,13H2,1-3H3. The minimum Gasteiger partial charge on any atom is -0.382 e. The van der Waals surface area contributed by atoms with Crippen LogP contribution in [-0.4, -0.2) is 54.0 Å². The second kappa shape index (κ2) is 8.62. The Hall–Kier alpha value is -1.26. The highest BCUT2D eigenvalue weighted by Gasteiger charge is 2.36. The van der Waals surface area contributed by atoms with E-state index in [0.717, 1.165) is 42.3 Å². The van der Waals surface area contributed by atoms with Crippen LogP contribution in [0, 0.1) is 12.8 Å². The molecule has 0 spiro atoms. The summed E-state index contributed by atoms with van der Waals surface area (Å²) in [4.78, 5) is 15.8. The summed E-state index contributed by atoms with van der Waals surface area (Å²) in [6.45, 7) is 9.34. The van der Waals surface area contributed by atoms with Crippen LogP contribution in [0.2, 0.25) is 5.02 Å². The number of hydrogen-bond acceptors (Lipinski definition) is 3. The van der Waals surface area contributed by atoms with Gasteiger partial charge in [0.05, 0.1) is 0 Å². The van der Waals surface area contributed by atoms with Gasteiger partial charge in [-0.2, -0.15) is 0 Å². The summed E-state index contributed by atoms with van der Waals surface area (Å²) < 4.78 is 0. The van der Waals surface area contributed by atoms with Crippen LogP contribution in [0.15, 0.2) is 18.2 Å². The van der Waals surface area contributed by atoms with Gasteiger partial charge in [0.2, 0.25) is 6.41 Å². The predicted octanol–water partition coefficient (Wildman–Crippen LogP) is 4.17. The van der Waals surface area contributed by atoms with Gasteiger partial charge < -0.3 is 10.2 Å². The number of aryl methyl sites for hydroxylation is 1. The predicted molar refractivity (Wildman–Crippen MR) is 109 cm³/mol. The van der Waals surface area contributed by atoms with E-state index in [9.17, 15) is 4.79 Å². The zero-order chi connectivity index (χ0) is 18.7. The summed E-state index contributed by atoms with van der Waals surface area (Å²) in [5, 5.41) is 4.49. The van der Waals surface area contributed by atoms with Crippen molar-refractivity contribution in [1.29, 1.82) is 0 Å². The monoisotopic (exact) mass is 377 g/mol. The van der Waals surface area contributed by atoms with Gasteiger partial charge in [-0.05, 0) is 70.1 Å². The topological polar surface area (TPSA) is 35.6 Å². The molecule has 1 aromatic rings. The minimum atomic E-state index is 0.503. The van der Waals surface area contributed by atoms with Crippen molar-refractivity contribution in [3.8, 4) is 0 Å². The fourth-order valence-corrected chi connectivity index (χ4v) is 4.75. The van der Waals surface area contributed by atoms with Crippen molar-refractivity contribution in [2.24, 2.45) is 5.92 Å². The molecule has 1 saturated heterocycles. The van der Waals surface area contributed by atoms with Gasteiger partial charge in [-0.15, -0.1) is 0 Å². The van der Waals surface area contributed by atoms with Gasteiger partial charge in [0.1, 0.15) is 0 Å². The second-order valence-corrected chi connectivity index (χ2v) is 8.63. The van der Waals surface area contributed by atoms with E-state index >= 15 is 0 Å². The number of rotatable bonds is 5. The van der Waals surface area contributed by atoms with Gasteiger partial charge in [-0.25, -0.2) is 0 Å². The molecule has 0 radical (unpaired) electrons. The number of amides is 1. The van der Waals surface area contributed by atoms with Crippen LogP contribution < -0.4 is 5.32 Å². The van der Waals surface area contributed by atoms with Crippen LogP contribution in [-0.2, 0) is 4.79 Å². The molecule has 1 aliphatic heterocycles. The Morgan fingerprint density at radius 1 is 1.19 bits per heavy atom. The van der Waals surface area contributed by atoms with Crippen molar-refractivity contribution in [1.82, 2.24) is 9.80 Å². The minimum absolute atomic E-state index is 0.503. The Morgan fingerprint density at radius 3 is 2.54 bits per heavy atom. The lowest BCUT2D eigenvalue weighted by Gasteiger charge is -2.47. The van der Waals surface area contributed by atoms with E-state index in [4.69, 9.17) is 11.6 Å². The molecule has 2 fully saturated rings. The van der Waals surface area contributed by atoms with E-state index in [1.54, 1.807) is 0 Å². The van der Waals surface area contributed by atoms with Crippen molar-refractivity contribution in [2.75, 3.05) is 25.0 Å². The Morgan fingerprint density at radius 2 is 1.92 bits per heavy atom. The number of anilines is 1. The summed E-state index contributed by atoms with van der Waals surface area (Å²) >= 11 is 6.25. The number of halogens is 1. The lowest BCUT2D eigenvalue weighted by atomic mass is 9.79. The quantitative estimate of drug-likeness (QED) is 0.782. The number of carbonyl (C=O) groups is 1. The van der Waals surface area contributed by atoms with Crippen LogP contribution in [0.5, 0.6) is 0 Å². The van der Waals surface area contributed by atoms with E-state index in [1.165, 1.54) is 25.7 Å². The van der Waals surface area contributed by atoms with E-state index in [2.05, 4.69) is 36.2 Å². The summed E-state index contributed by atoms with van der Waals surface area (Å²) in [6.07, 6.45) is 5.83. The van der Waals surface area contributed by atoms with Crippen LogP contribution in [0.1, 0.15) is 45.1 Å². The summed E-state index contributed by atoms with van der Waals surface area (Å²) in [5.41, 5.74) is 2.24. The number of nitrogens with zero attached hydrogens (tertiary/aromatic N) is 2. The first kappa shape index (κ1) is 19.5. The Kier molecular flexibility index (Phi) is 6.46. The Bertz CT molecular complexity index is 613. The van der Waals surface area contributed by atoms with E-state index < -0.39 is 0 Å². The number of carbonyl (C=O) groups excluding carboxylic acids is 1. The zero-order valence-corrected chi connectivity index (χ0v) is 17.0. The highest BCUT2D eigenvalue weighted by Crippen LogP contribution is 2.33. The molecule has 1 aromatic carbocycles. The fraction of sp³-hybridized carbons (Fsp3) is 0.667. The Labute approximate surface area is 162 Å². The summed E-state index contributed by atoms with van der Waals surface area (Å²) in [5.74, 6) is 0.680. The molecule has 5 heteroatoms. The van der Waals surface area contributed by atoms with Crippen LogP contribution in [0.25, 0.3) is 0 Å². The maximum absolute atomic E-state index is 11.3. The number of piperazine rings is 1. The number of benzene rings is 1. The van der Waals surface area contributed by atoms with Crippen LogP contribution >= 0.6 is 11.6 Å². The first-order valence-electron chi connectivity index (χ1n) is 9.95. The maximum atomic E-state index is 11.3. The third-order valence-electron chi connectivity index (χ3n) is 6.16.